The average molecular weight is 651 g/mol. The van der Waals surface area contributed by atoms with Gasteiger partial charge in [0, 0.05) is 47.5 Å². The second-order valence-electron chi connectivity index (χ2n) is 10.7. The molecule has 1 aliphatic rings. The van der Waals surface area contributed by atoms with Crippen molar-refractivity contribution in [3.05, 3.63) is 88.4 Å². The Hall–Kier alpha value is -3.46. The Morgan fingerprint density at radius 2 is 1.86 bits per heavy atom. The van der Waals surface area contributed by atoms with Gasteiger partial charge in [0.2, 0.25) is 0 Å². The van der Waals surface area contributed by atoms with Gasteiger partial charge >= 0.3 is 13.5 Å². The van der Waals surface area contributed by atoms with Gasteiger partial charge in [-0.05, 0) is 80.1 Å². The van der Waals surface area contributed by atoms with Crippen LogP contribution in [0.3, 0.4) is 0 Å². The summed E-state index contributed by atoms with van der Waals surface area (Å²) in [5, 5.41) is 11.4. The first kappa shape index (κ1) is 30.6. The van der Waals surface area contributed by atoms with Crippen molar-refractivity contribution in [3.63, 3.8) is 0 Å². The zero-order chi connectivity index (χ0) is 30.8. The third kappa shape index (κ3) is 6.08. The fourth-order valence-electron chi connectivity index (χ4n) is 5.58. The van der Waals surface area contributed by atoms with Crippen molar-refractivity contribution >= 4 is 58.5 Å². The minimum absolute atomic E-state index is 0.103. The number of carboxylic acid groups (broad SMARTS) is 1. The van der Waals surface area contributed by atoms with Crippen LogP contribution in [0.5, 0.6) is 0 Å². The van der Waals surface area contributed by atoms with Gasteiger partial charge in [-0.15, -0.1) is 11.3 Å². The molecular formula is C33H32ClN2O6PS. The fraction of sp³-hybridized carbons (Fsp3) is 0.273. The molecule has 3 aromatic heterocycles. The molecule has 0 amide bonds. The van der Waals surface area contributed by atoms with E-state index in [-0.39, 0.29) is 17.4 Å². The number of hydrogen-bond acceptors (Lipinski definition) is 7. The van der Waals surface area contributed by atoms with Crippen LogP contribution in [0, 0.1) is 12.8 Å². The van der Waals surface area contributed by atoms with Crippen LogP contribution in [0.15, 0.2) is 77.3 Å². The molecule has 1 N–H and O–H groups in total. The molecule has 5 aromatic rings. The second-order valence-corrected chi connectivity index (χ2v) is 14.5. The van der Waals surface area contributed by atoms with E-state index in [4.69, 9.17) is 25.3 Å². The van der Waals surface area contributed by atoms with E-state index in [1.807, 2.05) is 55.5 Å². The number of ether oxygens (including phenoxy) is 1. The van der Waals surface area contributed by atoms with Crippen molar-refractivity contribution in [2.75, 3.05) is 31.0 Å². The Morgan fingerprint density at radius 3 is 2.55 bits per heavy atom. The highest BCUT2D eigenvalue weighted by Crippen LogP contribution is 2.56. The van der Waals surface area contributed by atoms with Crippen LogP contribution < -0.4 is 9.97 Å². The van der Waals surface area contributed by atoms with Gasteiger partial charge in [0.15, 0.2) is 5.58 Å². The summed E-state index contributed by atoms with van der Waals surface area (Å²) in [4.78, 5) is 17.9. The molecule has 6 rings (SSSR count). The molecule has 44 heavy (non-hydrogen) atoms. The molecule has 228 valence electrons. The monoisotopic (exact) mass is 650 g/mol. The van der Waals surface area contributed by atoms with Gasteiger partial charge in [0.1, 0.15) is 16.2 Å². The van der Waals surface area contributed by atoms with Crippen LogP contribution in [0.25, 0.3) is 32.9 Å². The van der Waals surface area contributed by atoms with E-state index < -0.39 is 13.5 Å². The van der Waals surface area contributed by atoms with E-state index in [1.54, 1.807) is 36.0 Å². The standard InChI is InChI=1S/C33H32ClN2O6PS/c1-3-41-43(39,30-11-10-25(34)17-21(30)2)36(20-22-12-15-40-16-13-22)27-19-31(44-32(27)33(37)38)24-8-6-23(7-9-24)29-18-26-28(42-29)5-4-14-35-26/h4-11,14,17-19,22H,3,12-13,15-16,20H2,1-2H3,(H,37,38). The number of nitrogens with zero attached hydrogens (tertiary/aromatic N) is 2. The van der Waals surface area contributed by atoms with Crippen molar-refractivity contribution in [2.45, 2.75) is 26.7 Å². The molecule has 0 aliphatic carbocycles. The molecule has 11 heteroatoms. The lowest BCUT2D eigenvalue weighted by Crippen LogP contribution is -2.35. The number of halogens is 1. The normalized spacial score (nSPS) is 15.3. The van der Waals surface area contributed by atoms with Gasteiger partial charge in [0.25, 0.3) is 0 Å². The number of carboxylic acids is 1. The van der Waals surface area contributed by atoms with E-state index in [1.165, 1.54) is 0 Å². The Balaban J connectivity index is 1.43. The summed E-state index contributed by atoms with van der Waals surface area (Å²) >= 11 is 7.42. The summed E-state index contributed by atoms with van der Waals surface area (Å²) in [5.41, 5.74) is 4.29. The van der Waals surface area contributed by atoms with E-state index in [0.717, 1.165) is 51.3 Å². The smallest absolute Gasteiger partial charge is 0.348 e. The number of pyridine rings is 1. The zero-order valence-corrected chi connectivity index (χ0v) is 26.8. The number of anilines is 1. The number of aromatic carboxylic acids is 1. The molecule has 0 saturated carbocycles. The predicted molar refractivity (Wildman–Crippen MR) is 176 cm³/mol. The highest BCUT2D eigenvalue weighted by atomic mass is 35.5. The summed E-state index contributed by atoms with van der Waals surface area (Å²) < 4.78 is 34.5. The lowest BCUT2D eigenvalue weighted by atomic mass is 10.0. The zero-order valence-electron chi connectivity index (χ0n) is 24.4. The molecule has 1 fully saturated rings. The van der Waals surface area contributed by atoms with Gasteiger partial charge < -0.3 is 18.8 Å². The Morgan fingerprint density at radius 1 is 1.11 bits per heavy atom. The maximum atomic E-state index is 15.1. The number of aromatic nitrogens is 1. The summed E-state index contributed by atoms with van der Waals surface area (Å²) in [6, 6.07) is 20.4. The van der Waals surface area contributed by atoms with Gasteiger partial charge in [0.05, 0.1) is 17.6 Å². The number of furan rings is 1. The van der Waals surface area contributed by atoms with Crippen molar-refractivity contribution < 1.29 is 28.1 Å². The van der Waals surface area contributed by atoms with Crippen LogP contribution >= 0.6 is 30.5 Å². The average Bonchev–Trinajstić information content (AvgIpc) is 3.66. The highest BCUT2D eigenvalue weighted by molar-refractivity contribution is 7.68. The predicted octanol–water partition coefficient (Wildman–Crippen LogP) is 8.67. The van der Waals surface area contributed by atoms with Crippen molar-refractivity contribution in [1.82, 2.24) is 4.98 Å². The van der Waals surface area contributed by atoms with Gasteiger partial charge in [-0.1, -0.05) is 35.9 Å². The minimum atomic E-state index is -3.78. The molecule has 1 atom stereocenters. The van der Waals surface area contributed by atoms with Crippen LogP contribution in [-0.2, 0) is 13.8 Å². The first-order chi connectivity index (χ1) is 21.3. The Labute approximate surface area is 264 Å². The highest BCUT2D eigenvalue weighted by Gasteiger charge is 2.40. The van der Waals surface area contributed by atoms with Crippen molar-refractivity contribution in [2.24, 2.45) is 5.92 Å². The quantitative estimate of drug-likeness (QED) is 0.150. The molecule has 1 aliphatic heterocycles. The van der Waals surface area contributed by atoms with Gasteiger partial charge in [-0.2, -0.15) is 0 Å². The second kappa shape index (κ2) is 12.9. The third-order valence-corrected chi connectivity index (χ3v) is 11.9. The Kier molecular flexibility index (Phi) is 8.94. The molecule has 0 radical (unpaired) electrons. The largest absolute Gasteiger partial charge is 0.477 e. The SMILES string of the molecule is CCOP(=O)(c1ccc(Cl)cc1C)N(CC1CCOCC1)c1cc(-c2ccc(-c3cc4ncccc4o3)cc2)sc1C(=O)O. The minimum Gasteiger partial charge on any atom is -0.477 e. The molecule has 8 nitrogen and oxygen atoms in total. The van der Waals surface area contributed by atoms with Gasteiger partial charge in [-0.25, -0.2) is 4.79 Å². The number of fused-ring (bicyclic) bond motifs is 1. The van der Waals surface area contributed by atoms with E-state index in [9.17, 15) is 9.90 Å². The molecule has 0 spiro atoms. The molecule has 1 saturated heterocycles. The maximum absolute atomic E-state index is 15.1. The number of rotatable bonds is 10. The third-order valence-electron chi connectivity index (χ3n) is 7.78. The lowest BCUT2D eigenvalue weighted by Gasteiger charge is -2.37. The number of benzene rings is 2. The van der Waals surface area contributed by atoms with Crippen LogP contribution in [0.4, 0.5) is 5.69 Å². The lowest BCUT2D eigenvalue weighted by molar-refractivity contribution is 0.0683. The summed E-state index contributed by atoms with van der Waals surface area (Å²) in [6.07, 6.45) is 3.28. The summed E-state index contributed by atoms with van der Waals surface area (Å²) in [6.45, 7) is 5.38. The number of carbonyl (C=O) groups is 1. The van der Waals surface area contributed by atoms with E-state index >= 15 is 4.57 Å². The first-order valence-electron chi connectivity index (χ1n) is 14.5. The topological polar surface area (TPSA) is 102 Å². The fourth-order valence-corrected chi connectivity index (χ4v) is 9.43. The first-order valence-corrected chi connectivity index (χ1v) is 17.2. The van der Waals surface area contributed by atoms with Crippen molar-refractivity contribution in [1.29, 1.82) is 0 Å². The van der Waals surface area contributed by atoms with E-state index in [2.05, 4.69) is 4.98 Å². The van der Waals surface area contributed by atoms with E-state index in [0.29, 0.717) is 47.1 Å². The van der Waals surface area contributed by atoms with Crippen LogP contribution in [-0.4, -0.2) is 42.4 Å². The summed E-state index contributed by atoms with van der Waals surface area (Å²) in [5.74, 6) is -0.245. The van der Waals surface area contributed by atoms with Crippen LogP contribution in [0.2, 0.25) is 5.02 Å². The summed E-state index contributed by atoms with van der Waals surface area (Å²) in [7, 11) is -3.78. The maximum Gasteiger partial charge on any atom is 0.348 e. The molecule has 0 bridgehead atoms. The number of hydrogen-bond donors (Lipinski definition) is 1. The molecule has 1 unspecified atom stereocenters. The number of thiophene rings is 1. The molecule has 2 aromatic carbocycles. The molecule has 4 heterocycles. The Bertz CT molecular complexity index is 1810. The van der Waals surface area contributed by atoms with Gasteiger partial charge in [-0.3, -0.25) is 14.2 Å². The molecular weight excluding hydrogens is 619 g/mol. The van der Waals surface area contributed by atoms with Crippen LogP contribution in [0.1, 0.15) is 35.0 Å². The number of aryl methyl sites for hydroxylation is 1. The van der Waals surface area contributed by atoms with Crippen molar-refractivity contribution in [3.8, 4) is 21.8 Å².